The van der Waals surface area contributed by atoms with Crippen molar-refractivity contribution in [3.05, 3.63) is 0 Å². The maximum absolute atomic E-state index is 12.1. The van der Waals surface area contributed by atoms with Crippen LogP contribution in [0, 0.1) is 0 Å². The van der Waals surface area contributed by atoms with E-state index in [4.69, 9.17) is 9.47 Å². The molecule has 1 aliphatic carbocycles. The number of nitrogens with zero attached hydrogens (tertiary/aromatic N) is 2. The Morgan fingerprint density at radius 3 is 2.25 bits per heavy atom. The van der Waals surface area contributed by atoms with E-state index >= 15 is 0 Å². The molecule has 4 rings (SSSR count). The molecule has 4 fully saturated rings. The average molecular weight is 339 g/mol. The molecule has 0 unspecified atom stereocenters. The van der Waals surface area contributed by atoms with Crippen LogP contribution in [-0.2, 0) is 9.47 Å². The number of hydrogen-bond acceptors (Lipinski definition) is 5. The highest BCUT2D eigenvalue weighted by atomic mass is 16.6. The molecule has 1 N–H and O–H groups in total. The Kier molecular flexibility index (Phi) is 4.84. The zero-order valence-electron chi connectivity index (χ0n) is 15.7. The van der Waals surface area contributed by atoms with Gasteiger partial charge >= 0.3 is 6.09 Å². The minimum atomic E-state index is -0.462. The summed E-state index contributed by atoms with van der Waals surface area (Å²) in [6, 6.07) is 0. The van der Waals surface area contributed by atoms with E-state index in [0.29, 0.717) is 6.61 Å². The van der Waals surface area contributed by atoms with Crippen molar-refractivity contribution in [1.82, 2.24) is 15.1 Å². The SMILES string of the molecule is CN1CCN(CC23CCC(NC(=O)OC(C)(C)C)(CC2)CO3)CC1. The zero-order valence-corrected chi connectivity index (χ0v) is 15.7. The molecular weight excluding hydrogens is 306 g/mol. The van der Waals surface area contributed by atoms with Crippen LogP contribution in [0.3, 0.4) is 0 Å². The highest BCUT2D eigenvalue weighted by Crippen LogP contribution is 2.44. The first-order chi connectivity index (χ1) is 11.2. The lowest BCUT2D eigenvalue weighted by atomic mass is 9.71. The molecule has 3 aliphatic heterocycles. The Balaban J connectivity index is 1.52. The molecule has 4 aliphatic rings. The fraction of sp³-hybridized carbons (Fsp3) is 0.944. The Morgan fingerprint density at radius 2 is 1.75 bits per heavy atom. The Bertz CT molecular complexity index is 442. The van der Waals surface area contributed by atoms with Crippen LogP contribution in [0.5, 0.6) is 0 Å². The van der Waals surface area contributed by atoms with Gasteiger partial charge < -0.3 is 19.7 Å². The number of rotatable bonds is 3. The van der Waals surface area contributed by atoms with Gasteiger partial charge in [-0.25, -0.2) is 4.79 Å². The van der Waals surface area contributed by atoms with Crippen molar-refractivity contribution in [2.45, 2.75) is 63.2 Å². The minimum Gasteiger partial charge on any atom is -0.444 e. The van der Waals surface area contributed by atoms with Gasteiger partial charge in [0.2, 0.25) is 0 Å². The summed E-state index contributed by atoms with van der Waals surface area (Å²) in [5.41, 5.74) is -0.699. The van der Waals surface area contributed by atoms with Gasteiger partial charge in [-0.15, -0.1) is 0 Å². The predicted octanol–water partition coefficient (Wildman–Crippen LogP) is 1.84. The molecule has 1 amide bonds. The van der Waals surface area contributed by atoms with Crippen molar-refractivity contribution in [3.63, 3.8) is 0 Å². The van der Waals surface area contributed by atoms with Gasteiger partial charge in [0, 0.05) is 32.7 Å². The van der Waals surface area contributed by atoms with Gasteiger partial charge in [0.25, 0.3) is 0 Å². The van der Waals surface area contributed by atoms with E-state index < -0.39 is 5.60 Å². The monoisotopic (exact) mass is 339 g/mol. The maximum atomic E-state index is 12.1. The summed E-state index contributed by atoms with van der Waals surface area (Å²) >= 11 is 0. The molecule has 0 atom stereocenters. The van der Waals surface area contributed by atoms with Gasteiger partial charge in [0.05, 0.1) is 17.7 Å². The fourth-order valence-electron chi connectivity index (χ4n) is 4.06. The number of amides is 1. The highest BCUT2D eigenvalue weighted by Gasteiger charge is 2.51. The van der Waals surface area contributed by atoms with Crippen LogP contribution in [0.15, 0.2) is 0 Å². The molecule has 3 heterocycles. The van der Waals surface area contributed by atoms with Crippen LogP contribution >= 0.6 is 0 Å². The van der Waals surface area contributed by atoms with Crippen LogP contribution < -0.4 is 5.32 Å². The van der Waals surface area contributed by atoms with Crippen molar-refractivity contribution in [2.24, 2.45) is 0 Å². The Labute approximate surface area is 145 Å². The molecule has 2 bridgehead atoms. The second kappa shape index (κ2) is 6.46. The number of piperazine rings is 1. The number of likely N-dealkylation sites (N-methyl/N-ethyl adjacent to an activating group) is 1. The normalized spacial score (nSPS) is 35.0. The number of ether oxygens (including phenoxy) is 2. The molecular formula is C18H33N3O3. The third-order valence-corrected chi connectivity index (χ3v) is 5.65. The third-order valence-electron chi connectivity index (χ3n) is 5.65. The number of alkyl carbamates (subject to hydrolysis) is 1. The molecule has 0 radical (unpaired) electrons. The number of nitrogens with one attached hydrogen (secondary N) is 1. The van der Waals surface area contributed by atoms with Gasteiger partial charge in [-0.2, -0.15) is 0 Å². The maximum Gasteiger partial charge on any atom is 0.408 e. The van der Waals surface area contributed by atoms with Crippen molar-refractivity contribution in [1.29, 1.82) is 0 Å². The zero-order chi connectivity index (χ0) is 17.4. The second-order valence-electron chi connectivity index (χ2n) is 8.96. The molecule has 0 aromatic rings. The first-order valence-corrected chi connectivity index (χ1v) is 9.25. The fourth-order valence-corrected chi connectivity index (χ4v) is 4.06. The van der Waals surface area contributed by atoms with E-state index in [-0.39, 0.29) is 17.2 Å². The quantitative estimate of drug-likeness (QED) is 0.850. The van der Waals surface area contributed by atoms with Crippen molar-refractivity contribution in [2.75, 3.05) is 46.4 Å². The van der Waals surface area contributed by atoms with Gasteiger partial charge in [-0.05, 0) is 53.5 Å². The van der Waals surface area contributed by atoms with E-state index in [1.54, 1.807) is 0 Å². The van der Waals surface area contributed by atoms with E-state index in [0.717, 1.165) is 58.4 Å². The molecule has 24 heavy (non-hydrogen) atoms. The van der Waals surface area contributed by atoms with Gasteiger partial charge in [0.15, 0.2) is 0 Å². The molecule has 6 heteroatoms. The molecule has 0 spiro atoms. The predicted molar refractivity (Wildman–Crippen MR) is 93.2 cm³/mol. The third kappa shape index (κ3) is 4.21. The minimum absolute atomic E-state index is 0.00667. The van der Waals surface area contributed by atoms with Crippen molar-refractivity contribution < 1.29 is 14.3 Å². The van der Waals surface area contributed by atoms with Crippen LogP contribution in [0.25, 0.3) is 0 Å². The van der Waals surface area contributed by atoms with Crippen LogP contribution in [0.4, 0.5) is 4.79 Å². The van der Waals surface area contributed by atoms with Gasteiger partial charge in [0.1, 0.15) is 5.60 Å². The van der Waals surface area contributed by atoms with Crippen LogP contribution in [-0.4, -0.2) is 79.0 Å². The Hall–Kier alpha value is -0.850. The van der Waals surface area contributed by atoms with Gasteiger partial charge in [-0.3, -0.25) is 4.90 Å². The standard InChI is InChI=1S/C18H33N3O3/c1-16(2,3)24-15(22)19-17-5-7-18(8-6-17,23-14-17)13-21-11-9-20(4)10-12-21/h5-14H2,1-4H3,(H,19,22). The molecule has 0 aromatic heterocycles. The van der Waals surface area contributed by atoms with Gasteiger partial charge in [-0.1, -0.05) is 0 Å². The van der Waals surface area contributed by atoms with E-state index in [1.807, 2.05) is 20.8 Å². The molecule has 0 aromatic carbocycles. The topological polar surface area (TPSA) is 54.0 Å². The molecule has 138 valence electrons. The smallest absolute Gasteiger partial charge is 0.408 e. The first-order valence-electron chi connectivity index (χ1n) is 9.25. The van der Waals surface area contributed by atoms with Crippen LogP contribution in [0.2, 0.25) is 0 Å². The number of hydrogen-bond donors (Lipinski definition) is 1. The average Bonchev–Trinajstić information content (AvgIpc) is 2.49. The lowest BCUT2D eigenvalue weighted by molar-refractivity contribution is -0.171. The summed E-state index contributed by atoms with van der Waals surface area (Å²) in [5, 5.41) is 3.10. The van der Waals surface area contributed by atoms with Crippen molar-refractivity contribution >= 4 is 6.09 Å². The van der Waals surface area contributed by atoms with E-state index in [2.05, 4.69) is 22.2 Å². The van der Waals surface area contributed by atoms with Crippen molar-refractivity contribution in [3.8, 4) is 0 Å². The number of carbonyl (C=O) groups is 1. The van der Waals surface area contributed by atoms with Crippen LogP contribution in [0.1, 0.15) is 46.5 Å². The summed E-state index contributed by atoms with van der Waals surface area (Å²) in [6.07, 6.45) is 3.70. The number of carbonyl (C=O) groups excluding carboxylic acids is 1. The summed E-state index contributed by atoms with van der Waals surface area (Å²) in [4.78, 5) is 17.1. The van der Waals surface area contributed by atoms with E-state index in [9.17, 15) is 4.79 Å². The molecule has 1 saturated carbocycles. The largest absolute Gasteiger partial charge is 0.444 e. The summed E-state index contributed by atoms with van der Waals surface area (Å²) in [7, 11) is 2.18. The number of fused-ring (bicyclic) bond motifs is 3. The molecule has 3 saturated heterocycles. The first kappa shape index (κ1) is 18.0. The lowest BCUT2D eigenvalue weighted by Crippen LogP contribution is -2.66. The molecule has 6 nitrogen and oxygen atoms in total. The summed E-state index contributed by atoms with van der Waals surface area (Å²) < 4.78 is 11.7. The van der Waals surface area contributed by atoms with E-state index in [1.165, 1.54) is 0 Å². The lowest BCUT2D eigenvalue weighted by Gasteiger charge is -2.54. The summed E-state index contributed by atoms with van der Waals surface area (Å²) in [6.45, 7) is 11.9. The highest BCUT2D eigenvalue weighted by molar-refractivity contribution is 5.69. The summed E-state index contributed by atoms with van der Waals surface area (Å²) in [5.74, 6) is 0. The Morgan fingerprint density at radius 1 is 1.12 bits per heavy atom. The second-order valence-corrected chi connectivity index (χ2v) is 8.96.